The van der Waals surface area contributed by atoms with Crippen molar-refractivity contribution < 1.29 is 4.74 Å². The van der Waals surface area contributed by atoms with Crippen LogP contribution in [0.5, 0.6) is 0 Å². The minimum Gasteiger partial charge on any atom is -0.377 e. The highest BCUT2D eigenvalue weighted by atomic mass is 16.5. The lowest BCUT2D eigenvalue weighted by atomic mass is 9.98. The van der Waals surface area contributed by atoms with E-state index in [1.54, 1.807) is 0 Å². The van der Waals surface area contributed by atoms with E-state index >= 15 is 0 Å². The lowest BCUT2D eigenvalue weighted by Gasteiger charge is -2.26. The fourth-order valence-electron chi connectivity index (χ4n) is 3.40. The fourth-order valence-corrected chi connectivity index (χ4v) is 3.40. The maximum atomic E-state index is 6.06. The Hall–Kier alpha value is -0.120. The van der Waals surface area contributed by atoms with E-state index in [-0.39, 0.29) is 0 Å². The van der Waals surface area contributed by atoms with E-state index in [0.717, 1.165) is 13.2 Å². The van der Waals surface area contributed by atoms with Crippen molar-refractivity contribution in [2.24, 2.45) is 0 Å². The summed E-state index contributed by atoms with van der Waals surface area (Å²) in [4.78, 5) is 2.60. The van der Waals surface area contributed by atoms with Gasteiger partial charge in [-0.1, -0.05) is 32.6 Å². The molecule has 2 fully saturated rings. The molecule has 0 aromatic heterocycles. The molecule has 1 unspecified atom stereocenters. The predicted molar refractivity (Wildman–Crippen MR) is 80.6 cm³/mol. The van der Waals surface area contributed by atoms with E-state index in [2.05, 4.69) is 17.1 Å². The number of hydrogen-bond donors (Lipinski definition) is 1. The summed E-state index contributed by atoms with van der Waals surface area (Å²) in [7, 11) is 0. The molecule has 0 bridgehead atoms. The van der Waals surface area contributed by atoms with Crippen LogP contribution in [-0.2, 0) is 4.74 Å². The Kier molecular flexibility index (Phi) is 7.18. The average Bonchev–Trinajstić information content (AvgIpc) is 2.66. The highest BCUT2D eigenvalue weighted by molar-refractivity contribution is 4.76. The van der Waals surface area contributed by atoms with Crippen molar-refractivity contribution in [2.45, 2.75) is 70.4 Å². The SMILES string of the molecule is CCCC1CN(CCOC2CCCCC2)CCCN1. The second-order valence-electron chi connectivity index (χ2n) is 6.22. The van der Waals surface area contributed by atoms with Crippen molar-refractivity contribution in [1.82, 2.24) is 10.2 Å². The van der Waals surface area contributed by atoms with Crippen LogP contribution in [0.1, 0.15) is 58.3 Å². The molecule has 1 saturated carbocycles. The minimum absolute atomic E-state index is 0.560. The van der Waals surface area contributed by atoms with Gasteiger partial charge in [-0.25, -0.2) is 0 Å². The van der Waals surface area contributed by atoms with Crippen LogP contribution in [0.4, 0.5) is 0 Å². The zero-order chi connectivity index (χ0) is 13.3. The third-order valence-corrected chi connectivity index (χ3v) is 4.51. The second-order valence-corrected chi connectivity index (χ2v) is 6.22. The Bertz CT molecular complexity index is 229. The van der Waals surface area contributed by atoms with Crippen LogP contribution in [0.15, 0.2) is 0 Å². The van der Waals surface area contributed by atoms with E-state index in [4.69, 9.17) is 4.74 Å². The summed E-state index contributed by atoms with van der Waals surface area (Å²) in [5, 5.41) is 3.67. The molecular formula is C16H32N2O. The van der Waals surface area contributed by atoms with Gasteiger partial charge in [0.05, 0.1) is 12.7 Å². The minimum atomic E-state index is 0.560. The monoisotopic (exact) mass is 268 g/mol. The standard InChI is InChI=1S/C16H32N2O/c1-2-7-15-14-18(11-6-10-17-15)12-13-19-16-8-4-3-5-9-16/h15-17H,2-14H2,1H3. The molecule has 1 saturated heterocycles. The van der Waals surface area contributed by atoms with E-state index in [1.807, 2.05) is 0 Å². The van der Waals surface area contributed by atoms with Crippen molar-refractivity contribution >= 4 is 0 Å². The summed E-state index contributed by atoms with van der Waals surface area (Å²) >= 11 is 0. The van der Waals surface area contributed by atoms with Gasteiger partial charge in [-0.2, -0.15) is 0 Å². The van der Waals surface area contributed by atoms with Gasteiger partial charge >= 0.3 is 0 Å². The summed E-state index contributed by atoms with van der Waals surface area (Å²) in [6, 6.07) is 0.696. The molecule has 19 heavy (non-hydrogen) atoms. The molecule has 3 nitrogen and oxygen atoms in total. The number of nitrogens with one attached hydrogen (secondary N) is 1. The van der Waals surface area contributed by atoms with Gasteiger partial charge in [-0.05, 0) is 38.8 Å². The van der Waals surface area contributed by atoms with Gasteiger partial charge in [0.15, 0.2) is 0 Å². The maximum Gasteiger partial charge on any atom is 0.0597 e. The Balaban J connectivity index is 1.62. The van der Waals surface area contributed by atoms with Gasteiger partial charge in [-0.15, -0.1) is 0 Å². The molecular weight excluding hydrogens is 236 g/mol. The van der Waals surface area contributed by atoms with Crippen LogP contribution >= 0.6 is 0 Å². The number of ether oxygens (including phenoxy) is 1. The van der Waals surface area contributed by atoms with E-state index in [9.17, 15) is 0 Å². The molecule has 2 rings (SSSR count). The molecule has 112 valence electrons. The fraction of sp³-hybridized carbons (Fsp3) is 1.00. The topological polar surface area (TPSA) is 24.5 Å². The Morgan fingerprint density at radius 1 is 1.16 bits per heavy atom. The first-order valence-electron chi connectivity index (χ1n) is 8.46. The van der Waals surface area contributed by atoms with E-state index in [0.29, 0.717) is 12.1 Å². The normalized spacial score (nSPS) is 27.3. The van der Waals surface area contributed by atoms with Crippen LogP contribution in [0, 0.1) is 0 Å². The largest absolute Gasteiger partial charge is 0.377 e. The number of hydrogen-bond acceptors (Lipinski definition) is 3. The first-order chi connectivity index (χ1) is 9.38. The van der Waals surface area contributed by atoms with Crippen molar-refractivity contribution in [3.63, 3.8) is 0 Å². The summed E-state index contributed by atoms with van der Waals surface area (Å²) in [5.41, 5.74) is 0. The lowest BCUT2D eigenvalue weighted by Crippen LogP contribution is -2.39. The van der Waals surface area contributed by atoms with Crippen LogP contribution in [0.25, 0.3) is 0 Å². The summed E-state index contributed by atoms with van der Waals surface area (Å²) < 4.78 is 6.06. The van der Waals surface area contributed by atoms with Gasteiger partial charge in [0.25, 0.3) is 0 Å². The summed E-state index contributed by atoms with van der Waals surface area (Å²) in [5.74, 6) is 0. The zero-order valence-electron chi connectivity index (χ0n) is 12.7. The third-order valence-electron chi connectivity index (χ3n) is 4.51. The molecule has 1 N–H and O–H groups in total. The molecule has 0 spiro atoms. The third kappa shape index (κ3) is 5.80. The molecule has 1 heterocycles. The zero-order valence-corrected chi connectivity index (χ0v) is 12.7. The molecule has 0 aromatic carbocycles. The van der Waals surface area contributed by atoms with Crippen LogP contribution in [-0.4, -0.2) is 49.8 Å². The van der Waals surface area contributed by atoms with E-state index < -0.39 is 0 Å². The van der Waals surface area contributed by atoms with Crippen LogP contribution in [0.2, 0.25) is 0 Å². The van der Waals surface area contributed by atoms with Crippen LogP contribution < -0.4 is 5.32 Å². The van der Waals surface area contributed by atoms with Crippen molar-refractivity contribution in [3.05, 3.63) is 0 Å². The summed E-state index contributed by atoms with van der Waals surface area (Å²) in [6.45, 7) is 7.97. The van der Waals surface area contributed by atoms with Gasteiger partial charge in [0, 0.05) is 19.1 Å². The molecule has 0 radical (unpaired) electrons. The first-order valence-corrected chi connectivity index (χ1v) is 8.46. The first kappa shape index (κ1) is 15.3. The van der Waals surface area contributed by atoms with Gasteiger partial charge in [0.2, 0.25) is 0 Å². The Labute approximate surface area is 119 Å². The van der Waals surface area contributed by atoms with E-state index in [1.165, 1.54) is 71.0 Å². The molecule has 1 aliphatic carbocycles. The van der Waals surface area contributed by atoms with Crippen molar-refractivity contribution in [3.8, 4) is 0 Å². The smallest absolute Gasteiger partial charge is 0.0597 e. The second kappa shape index (κ2) is 8.93. The molecule has 2 aliphatic rings. The summed E-state index contributed by atoms with van der Waals surface area (Å²) in [6.07, 6.45) is 11.2. The maximum absolute atomic E-state index is 6.06. The van der Waals surface area contributed by atoms with Crippen molar-refractivity contribution in [2.75, 3.05) is 32.8 Å². The highest BCUT2D eigenvalue weighted by Gasteiger charge is 2.18. The number of nitrogens with zero attached hydrogens (tertiary/aromatic N) is 1. The van der Waals surface area contributed by atoms with Gasteiger partial charge in [0.1, 0.15) is 0 Å². The van der Waals surface area contributed by atoms with Gasteiger partial charge in [-0.3, -0.25) is 4.90 Å². The average molecular weight is 268 g/mol. The predicted octanol–water partition coefficient (Wildman–Crippen LogP) is 2.80. The quantitative estimate of drug-likeness (QED) is 0.801. The van der Waals surface area contributed by atoms with Gasteiger partial charge < -0.3 is 10.1 Å². The number of rotatable bonds is 6. The molecule has 3 heteroatoms. The van der Waals surface area contributed by atoms with Crippen LogP contribution in [0.3, 0.4) is 0 Å². The molecule has 0 aromatic rings. The molecule has 0 amide bonds. The molecule has 1 aliphatic heterocycles. The van der Waals surface area contributed by atoms with Crippen molar-refractivity contribution in [1.29, 1.82) is 0 Å². The lowest BCUT2D eigenvalue weighted by molar-refractivity contribution is 0.0159. The Morgan fingerprint density at radius 3 is 2.79 bits per heavy atom. The molecule has 1 atom stereocenters. The Morgan fingerprint density at radius 2 is 2.00 bits per heavy atom. The highest BCUT2D eigenvalue weighted by Crippen LogP contribution is 2.20.